The van der Waals surface area contributed by atoms with Gasteiger partial charge in [0.15, 0.2) is 0 Å². The van der Waals surface area contributed by atoms with Gasteiger partial charge in [-0.25, -0.2) is 4.79 Å². The molecule has 0 aliphatic heterocycles. The molecule has 3 rings (SSSR count). The lowest BCUT2D eigenvalue weighted by Gasteiger charge is -2.19. The molecule has 0 aliphatic rings. The highest BCUT2D eigenvalue weighted by molar-refractivity contribution is 5.98. The average molecular weight is 364 g/mol. The Labute approximate surface area is 159 Å². The zero-order chi connectivity index (χ0) is 19.2. The van der Waals surface area contributed by atoms with Gasteiger partial charge in [-0.15, -0.1) is 0 Å². The van der Waals surface area contributed by atoms with E-state index in [1.165, 1.54) is 7.11 Å². The fourth-order valence-corrected chi connectivity index (χ4v) is 3.10. The van der Waals surface area contributed by atoms with Crippen molar-refractivity contribution in [2.75, 3.05) is 27.3 Å². The lowest BCUT2D eigenvalue weighted by atomic mass is 10.0. The Balaban J connectivity index is 1.77. The van der Waals surface area contributed by atoms with Crippen LogP contribution in [0, 0.1) is 6.92 Å². The Morgan fingerprint density at radius 3 is 2.52 bits per heavy atom. The monoisotopic (exact) mass is 364 g/mol. The molecule has 0 spiro atoms. The van der Waals surface area contributed by atoms with Gasteiger partial charge in [0.25, 0.3) is 0 Å². The summed E-state index contributed by atoms with van der Waals surface area (Å²) in [7, 11) is 3.39. The summed E-state index contributed by atoms with van der Waals surface area (Å²) in [6.45, 7) is 3.75. The van der Waals surface area contributed by atoms with Crippen molar-refractivity contribution in [3.8, 4) is 5.75 Å². The number of carbonyl (C=O) groups is 1. The molecule has 2 aromatic carbocycles. The predicted octanol–water partition coefficient (Wildman–Crippen LogP) is 3.84. The summed E-state index contributed by atoms with van der Waals surface area (Å²) in [5, 5.41) is 0.969. The van der Waals surface area contributed by atoms with Crippen LogP contribution in [-0.4, -0.2) is 43.2 Å². The van der Waals surface area contributed by atoms with Crippen molar-refractivity contribution in [1.82, 2.24) is 9.88 Å². The van der Waals surface area contributed by atoms with Crippen LogP contribution in [0.1, 0.15) is 21.6 Å². The van der Waals surface area contributed by atoms with Crippen LogP contribution in [0.25, 0.3) is 10.9 Å². The quantitative estimate of drug-likeness (QED) is 0.596. The molecule has 1 heterocycles. The second kappa shape index (κ2) is 8.64. The van der Waals surface area contributed by atoms with Crippen molar-refractivity contribution < 1.29 is 14.3 Å². The van der Waals surface area contributed by atoms with Crippen molar-refractivity contribution in [3.63, 3.8) is 0 Å². The van der Waals surface area contributed by atoms with Crippen molar-refractivity contribution in [2.24, 2.45) is 0 Å². The van der Waals surface area contributed by atoms with E-state index in [1.54, 1.807) is 0 Å². The molecule has 0 amide bonds. The number of likely N-dealkylation sites (N-methyl/N-ethyl adjacent to an activating group) is 1. The number of nitrogens with zero attached hydrogens (tertiary/aromatic N) is 2. The number of hydrogen-bond acceptors (Lipinski definition) is 5. The topological polar surface area (TPSA) is 51.7 Å². The van der Waals surface area contributed by atoms with Crippen molar-refractivity contribution in [3.05, 3.63) is 71.4 Å². The average Bonchev–Trinajstić information content (AvgIpc) is 2.68. The van der Waals surface area contributed by atoms with E-state index >= 15 is 0 Å². The van der Waals surface area contributed by atoms with Crippen LogP contribution in [0.5, 0.6) is 5.75 Å². The van der Waals surface area contributed by atoms with E-state index in [2.05, 4.69) is 4.90 Å². The minimum absolute atomic E-state index is 0.352. The van der Waals surface area contributed by atoms with E-state index in [-0.39, 0.29) is 5.97 Å². The number of pyridine rings is 1. The first-order chi connectivity index (χ1) is 13.1. The number of methoxy groups -OCH3 is 1. The van der Waals surface area contributed by atoms with Gasteiger partial charge in [0, 0.05) is 18.5 Å². The molecule has 0 aliphatic carbocycles. The van der Waals surface area contributed by atoms with Gasteiger partial charge in [-0.05, 0) is 37.7 Å². The molecule has 140 valence electrons. The minimum Gasteiger partial charge on any atom is -0.492 e. The largest absolute Gasteiger partial charge is 0.492 e. The summed E-state index contributed by atoms with van der Waals surface area (Å²) in [5.74, 6) is 0.496. The number of aryl methyl sites for hydroxylation is 1. The molecule has 0 saturated heterocycles. The Morgan fingerprint density at radius 2 is 1.78 bits per heavy atom. The predicted molar refractivity (Wildman–Crippen MR) is 106 cm³/mol. The molecule has 0 saturated carbocycles. The summed E-state index contributed by atoms with van der Waals surface area (Å²) < 4.78 is 10.8. The SMILES string of the molecule is COC(=O)c1c(CN(C)CCOc2ccccc2)nc2ccccc2c1C. The Kier molecular flexibility index (Phi) is 6.04. The third-order valence-electron chi connectivity index (χ3n) is 4.52. The first-order valence-electron chi connectivity index (χ1n) is 8.93. The lowest BCUT2D eigenvalue weighted by Crippen LogP contribution is -2.26. The van der Waals surface area contributed by atoms with Crippen molar-refractivity contribution in [2.45, 2.75) is 13.5 Å². The molecule has 0 unspecified atom stereocenters. The molecule has 27 heavy (non-hydrogen) atoms. The highest BCUT2D eigenvalue weighted by Gasteiger charge is 2.20. The third kappa shape index (κ3) is 4.44. The second-order valence-electron chi connectivity index (χ2n) is 6.47. The van der Waals surface area contributed by atoms with E-state index in [9.17, 15) is 4.79 Å². The van der Waals surface area contributed by atoms with Crippen LogP contribution < -0.4 is 4.74 Å². The molecule has 5 heteroatoms. The second-order valence-corrected chi connectivity index (χ2v) is 6.47. The summed E-state index contributed by atoms with van der Waals surface area (Å²) in [4.78, 5) is 19.2. The number of rotatable bonds is 7. The minimum atomic E-state index is -0.352. The molecule has 0 radical (unpaired) electrons. The number of aromatic nitrogens is 1. The maximum atomic E-state index is 12.4. The van der Waals surface area contributed by atoms with Gasteiger partial charge >= 0.3 is 5.97 Å². The van der Waals surface area contributed by atoms with Crippen molar-refractivity contribution >= 4 is 16.9 Å². The number of para-hydroxylation sites is 2. The molecule has 0 N–H and O–H groups in total. The zero-order valence-corrected chi connectivity index (χ0v) is 15.9. The van der Waals surface area contributed by atoms with E-state index in [4.69, 9.17) is 14.5 Å². The molecular weight excluding hydrogens is 340 g/mol. The maximum absolute atomic E-state index is 12.4. The first kappa shape index (κ1) is 18.9. The number of fused-ring (bicyclic) bond motifs is 1. The molecular formula is C22H24N2O3. The van der Waals surface area contributed by atoms with Gasteiger partial charge in [0.2, 0.25) is 0 Å². The molecule has 0 atom stereocenters. The van der Waals surface area contributed by atoms with Gasteiger partial charge in [-0.1, -0.05) is 36.4 Å². The molecule has 3 aromatic rings. The Bertz CT molecular complexity index is 925. The lowest BCUT2D eigenvalue weighted by molar-refractivity contribution is 0.0597. The summed E-state index contributed by atoms with van der Waals surface area (Å²) in [6, 6.07) is 17.6. The van der Waals surface area contributed by atoms with Crippen molar-refractivity contribution in [1.29, 1.82) is 0 Å². The van der Waals surface area contributed by atoms with Crippen LogP contribution in [0.3, 0.4) is 0 Å². The Morgan fingerprint density at radius 1 is 1.07 bits per heavy atom. The summed E-state index contributed by atoms with van der Waals surface area (Å²) >= 11 is 0. The van der Waals surface area contributed by atoms with Crippen LogP contribution in [0.4, 0.5) is 0 Å². The normalized spacial score (nSPS) is 11.0. The van der Waals surface area contributed by atoms with Crippen LogP contribution in [-0.2, 0) is 11.3 Å². The standard InChI is InChI=1S/C22H24N2O3/c1-16-18-11-7-8-12-19(18)23-20(21(16)22(25)26-3)15-24(2)13-14-27-17-9-5-4-6-10-17/h4-12H,13-15H2,1-3H3. The van der Waals surface area contributed by atoms with Crippen LogP contribution in [0.2, 0.25) is 0 Å². The molecule has 0 fully saturated rings. The number of ether oxygens (including phenoxy) is 2. The molecule has 1 aromatic heterocycles. The number of hydrogen-bond donors (Lipinski definition) is 0. The summed E-state index contributed by atoms with van der Waals surface area (Å²) in [5.41, 5.74) is 3.05. The number of benzene rings is 2. The third-order valence-corrected chi connectivity index (χ3v) is 4.52. The number of esters is 1. The zero-order valence-electron chi connectivity index (χ0n) is 15.9. The summed E-state index contributed by atoms with van der Waals surface area (Å²) in [6.07, 6.45) is 0. The van der Waals surface area contributed by atoms with E-state index < -0.39 is 0 Å². The molecule has 0 bridgehead atoms. The van der Waals surface area contributed by atoms with E-state index in [1.807, 2.05) is 68.6 Å². The fraction of sp³-hybridized carbons (Fsp3) is 0.273. The van der Waals surface area contributed by atoms with Crippen LogP contribution in [0.15, 0.2) is 54.6 Å². The fourth-order valence-electron chi connectivity index (χ4n) is 3.10. The van der Waals surface area contributed by atoms with Gasteiger partial charge < -0.3 is 9.47 Å². The first-order valence-corrected chi connectivity index (χ1v) is 8.93. The highest BCUT2D eigenvalue weighted by Crippen LogP contribution is 2.24. The van der Waals surface area contributed by atoms with Gasteiger partial charge in [0.05, 0.1) is 23.9 Å². The van der Waals surface area contributed by atoms with Gasteiger partial charge in [-0.3, -0.25) is 9.88 Å². The van der Waals surface area contributed by atoms with E-state index in [0.29, 0.717) is 25.3 Å². The Hall–Kier alpha value is -2.92. The van der Waals surface area contributed by atoms with Crippen LogP contribution >= 0.6 is 0 Å². The highest BCUT2D eigenvalue weighted by atomic mass is 16.5. The molecule has 5 nitrogen and oxygen atoms in total. The van der Waals surface area contributed by atoms with Gasteiger partial charge in [-0.2, -0.15) is 0 Å². The maximum Gasteiger partial charge on any atom is 0.340 e. The van der Waals surface area contributed by atoms with E-state index in [0.717, 1.165) is 27.9 Å². The number of carbonyl (C=O) groups excluding carboxylic acids is 1. The van der Waals surface area contributed by atoms with Gasteiger partial charge in [0.1, 0.15) is 12.4 Å². The smallest absolute Gasteiger partial charge is 0.340 e.